The van der Waals surface area contributed by atoms with Crippen LogP contribution in [0.4, 0.5) is 5.69 Å². The Morgan fingerprint density at radius 2 is 1.87 bits per heavy atom. The zero-order chi connectivity index (χ0) is 16.2. The van der Waals surface area contributed by atoms with Crippen molar-refractivity contribution < 1.29 is 14.3 Å². The van der Waals surface area contributed by atoms with Crippen molar-refractivity contribution in [3.8, 4) is 11.5 Å². The van der Waals surface area contributed by atoms with Gasteiger partial charge in [0.2, 0.25) is 5.91 Å². The van der Waals surface area contributed by atoms with Crippen molar-refractivity contribution in [2.75, 3.05) is 24.3 Å². The van der Waals surface area contributed by atoms with Crippen LogP contribution in [0.1, 0.15) is 11.1 Å². The first-order chi connectivity index (χ1) is 11.1. The first-order valence-corrected chi connectivity index (χ1v) is 8.50. The summed E-state index contributed by atoms with van der Waals surface area (Å²) in [6.07, 6.45) is 0. The van der Waals surface area contributed by atoms with E-state index in [0.717, 1.165) is 27.6 Å². The number of thioether (sulfide) groups is 1. The smallest absolute Gasteiger partial charge is 0.234 e. The van der Waals surface area contributed by atoms with Crippen molar-refractivity contribution >= 4 is 23.4 Å². The predicted octanol–water partition coefficient (Wildman–Crippen LogP) is 3.81. The summed E-state index contributed by atoms with van der Waals surface area (Å²) >= 11 is 1.48. The second-order valence-corrected chi connectivity index (χ2v) is 6.51. The number of nitrogens with one attached hydrogen (secondary N) is 1. The Hall–Kier alpha value is -2.14. The quantitative estimate of drug-likeness (QED) is 0.867. The molecule has 1 heterocycles. The Morgan fingerprint density at radius 3 is 2.65 bits per heavy atom. The van der Waals surface area contributed by atoms with Crippen molar-refractivity contribution in [3.05, 3.63) is 47.5 Å². The Morgan fingerprint density at radius 1 is 1.09 bits per heavy atom. The summed E-state index contributed by atoms with van der Waals surface area (Å²) in [6, 6.07) is 11.8. The van der Waals surface area contributed by atoms with Gasteiger partial charge in [0, 0.05) is 10.6 Å². The number of hydrogen-bond acceptors (Lipinski definition) is 4. The summed E-state index contributed by atoms with van der Waals surface area (Å²) in [6.45, 7) is 5.18. The molecule has 0 aromatic heterocycles. The molecule has 4 nitrogen and oxygen atoms in total. The Kier molecular flexibility index (Phi) is 4.76. The highest BCUT2D eigenvalue weighted by molar-refractivity contribution is 8.00. The molecule has 23 heavy (non-hydrogen) atoms. The largest absolute Gasteiger partial charge is 0.486 e. The van der Waals surface area contributed by atoms with Crippen LogP contribution < -0.4 is 14.8 Å². The Bertz CT molecular complexity index is 730. The average Bonchev–Trinajstić information content (AvgIpc) is 2.55. The number of amides is 1. The van der Waals surface area contributed by atoms with Crippen LogP contribution in [0.15, 0.2) is 41.3 Å². The van der Waals surface area contributed by atoms with Crippen LogP contribution in [0.2, 0.25) is 0 Å². The molecule has 0 radical (unpaired) electrons. The van der Waals surface area contributed by atoms with E-state index >= 15 is 0 Å². The maximum Gasteiger partial charge on any atom is 0.234 e. The number of ether oxygens (including phenoxy) is 2. The van der Waals surface area contributed by atoms with E-state index in [-0.39, 0.29) is 5.91 Å². The fraction of sp³-hybridized carbons (Fsp3) is 0.278. The zero-order valence-electron chi connectivity index (χ0n) is 13.2. The molecule has 0 fully saturated rings. The molecular weight excluding hydrogens is 310 g/mol. The second-order valence-electron chi connectivity index (χ2n) is 5.46. The van der Waals surface area contributed by atoms with E-state index in [4.69, 9.17) is 9.47 Å². The number of carbonyl (C=O) groups excluding carboxylic acids is 1. The number of fused-ring (bicyclic) bond motifs is 1. The number of benzene rings is 2. The molecule has 1 aliphatic rings. The van der Waals surface area contributed by atoms with E-state index in [2.05, 4.69) is 11.4 Å². The molecule has 0 spiro atoms. The zero-order valence-corrected chi connectivity index (χ0v) is 14.0. The van der Waals surface area contributed by atoms with Crippen LogP contribution in [0.3, 0.4) is 0 Å². The Balaban J connectivity index is 1.58. The standard InChI is InChI=1S/C18H19NO3S/c1-12-3-5-15(13(2)9-12)19-18(20)11-23-14-4-6-16-17(10-14)22-8-7-21-16/h3-6,9-10H,7-8,11H2,1-2H3,(H,19,20). The summed E-state index contributed by atoms with van der Waals surface area (Å²) in [5.41, 5.74) is 3.12. The third kappa shape index (κ3) is 3.99. The van der Waals surface area contributed by atoms with Crippen LogP contribution in [-0.2, 0) is 4.79 Å². The molecule has 2 aromatic carbocycles. The number of hydrogen-bond donors (Lipinski definition) is 1. The highest BCUT2D eigenvalue weighted by Crippen LogP contribution is 2.34. The molecule has 1 N–H and O–H groups in total. The predicted molar refractivity (Wildman–Crippen MR) is 92.7 cm³/mol. The second kappa shape index (κ2) is 6.96. The molecule has 1 aliphatic heterocycles. The minimum atomic E-state index is -0.0168. The van der Waals surface area contributed by atoms with Gasteiger partial charge in [-0.2, -0.15) is 0 Å². The first kappa shape index (κ1) is 15.7. The van der Waals surface area contributed by atoms with E-state index < -0.39 is 0 Å². The van der Waals surface area contributed by atoms with Crippen LogP contribution in [0, 0.1) is 13.8 Å². The van der Waals surface area contributed by atoms with Gasteiger partial charge in [-0.15, -0.1) is 11.8 Å². The molecule has 1 amide bonds. The monoisotopic (exact) mass is 329 g/mol. The van der Waals surface area contributed by atoms with Crippen molar-refractivity contribution in [1.29, 1.82) is 0 Å². The van der Waals surface area contributed by atoms with Crippen molar-refractivity contribution in [1.82, 2.24) is 0 Å². The van der Waals surface area contributed by atoms with E-state index in [0.29, 0.717) is 19.0 Å². The molecule has 120 valence electrons. The van der Waals surface area contributed by atoms with Crippen LogP contribution in [0.25, 0.3) is 0 Å². The lowest BCUT2D eigenvalue weighted by Crippen LogP contribution is -2.16. The summed E-state index contributed by atoms with van der Waals surface area (Å²) < 4.78 is 11.0. The molecule has 2 aromatic rings. The van der Waals surface area contributed by atoms with Gasteiger partial charge in [0.25, 0.3) is 0 Å². The lowest BCUT2D eigenvalue weighted by Gasteiger charge is -2.18. The Labute approximate surface area is 140 Å². The van der Waals surface area contributed by atoms with Gasteiger partial charge in [-0.1, -0.05) is 17.7 Å². The summed E-state index contributed by atoms with van der Waals surface area (Å²) in [7, 11) is 0. The molecule has 0 saturated heterocycles. The van der Waals surface area contributed by atoms with Crippen molar-refractivity contribution in [3.63, 3.8) is 0 Å². The number of rotatable bonds is 4. The third-order valence-electron chi connectivity index (χ3n) is 3.54. The minimum Gasteiger partial charge on any atom is -0.486 e. The number of anilines is 1. The van der Waals surface area contributed by atoms with Crippen LogP contribution >= 0.6 is 11.8 Å². The van der Waals surface area contributed by atoms with E-state index in [1.54, 1.807) is 0 Å². The fourth-order valence-electron chi connectivity index (χ4n) is 2.40. The fourth-order valence-corrected chi connectivity index (χ4v) is 3.13. The van der Waals surface area contributed by atoms with Crippen molar-refractivity contribution in [2.24, 2.45) is 0 Å². The molecule has 5 heteroatoms. The summed E-state index contributed by atoms with van der Waals surface area (Å²) in [4.78, 5) is 13.1. The maximum absolute atomic E-state index is 12.1. The SMILES string of the molecule is Cc1ccc(NC(=O)CSc2ccc3c(c2)OCCO3)c(C)c1. The number of aryl methyl sites for hydroxylation is 2. The van der Waals surface area contributed by atoms with Crippen LogP contribution in [0.5, 0.6) is 11.5 Å². The normalized spacial score (nSPS) is 12.8. The molecule has 0 aliphatic carbocycles. The van der Waals surface area contributed by atoms with Gasteiger partial charge in [-0.25, -0.2) is 0 Å². The van der Waals surface area contributed by atoms with Gasteiger partial charge >= 0.3 is 0 Å². The van der Waals surface area contributed by atoms with Crippen molar-refractivity contribution in [2.45, 2.75) is 18.7 Å². The van der Waals surface area contributed by atoms with E-state index in [1.807, 2.05) is 44.2 Å². The summed E-state index contributed by atoms with van der Waals surface area (Å²) in [5.74, 6) is 1.85. The van der Waals surface area contributed by atoms with Gasteiger partial charge < -0.3 is 14.8 Å². The lowest BCUT2D eigenvalue weighted by molar-refractivity contribution is -0.113. The average molecular weight is 329 g/mol. The van der Waals surface area contributed by atoms with Gasteiger partial charge in [0.1, 0.15) is 13.2 Å². The molecule has 0 unspecified atom stereocenters. The van der Waals surface area contributed by atoms with Gasteiger partial charge in [-0.05, 0) is 43.7 Å². The molecule has 0 saturated carbocycles. The number of carbonyl (C=O) groups is 1. The van der Waals surface area contributed by atoms with Gasteiger partial charge in [0.15, 0.2) is 11.5 Å². The van der Waals surface area contributed by atoms with E-state index in [9.17, 15) is 4.79 Å². The van der Waals surface area contributed by atoms with Gasteiger partial charge in [-0.3, -0.25) is 4.79 Å². The van der Waals surface area contributed by atoms with E-state index in [1.165, 1.54) is 17.3 Å². The van der Waals surface area contributed by atoms with Crippen LogP contribution in [-0.4, -0.2) is 24.9 Å². The topological polar surface area (TPSA) is 47.6 Å². The molecule has 0 atom stereocenters. The summed E-state index contributed by atoms with van der Waals surface area (Å²) in [5, 5.41) is 2.95. The minimum absolute atomic E-state index is 0.0168. The lowest BCUT2D eigenvalue weighted by atomic mass is 10.1. The molecule has 3 rings (SSSR count). The molecular formula is C18H19NO3S. The van der Waals surface area contributed by atoms with Gasteiger partial charge in [0.05, 0.1) is 5.75 Å². The highest BCUT2D eigenvalue weighted by Gasteiger charge is 2.13. The third-order valence-corrected chi connectivity index (χ3v) is 4.53. The highest BCUT2D eigenvalue weighted by atomic mass is 32.2. The first-order valence-electron chi connectivity index (χ1n) is 7.51. The maximum atomic E-state index is 12.1. The molecule has 0 bridgehead atoms.